The summed E-state index contributed by atoms with van der Waals surface area (Å²) in [5.74, 6) is 0.736. The van der Waals surface area contributed by atoms with E-state index >= 15 is 0 Å². The van der Waals surface area contributed by atoms with Crippen LogP contribution in [0.1, 0.15) is 0 Å². The van der Waals surface area contributed by atoms with Gasteiger partial charge in [0.15, 0.2) is 0 Å². The van der Waals surface area contributed by atoms with Gasteiger partial charge >= 0.3 is 0 Å². The summed E-state index contributed by atoms with van der Waals surface area (Å²) < 4.78 is 0. The lowest BCUT2D eigenvalue weighted by Crippen LogP contribution is -2.46. The third-order valence-corrected chi connectivity index (χ3v) is 4.28. The van der Waals surface area contributed by atoms with Gasteiger partial charge in [0.1, 0.15) is 5.82 Å². The second-order valence-corrected chi connectivity index (χ2v) is 6.05. The summed E-state index contributed by atoms with van der Waals surface area (Å²) in [5, 5.41) is 11.8. The van der Waals surface area contributed by atoms with E-state index < -0.39 is 4.92 Å². The fourth-order valence-electron chi connectivity index (χ4n) is 2.60. The van der Waals surface area contributed by atoms with Gasteiger partial charge in [-0.2, -0.15) is 0 Å². The smallest absolute Gasteiger partial charge is 0.269 e. The topological polar surface area (TPSA) is 62.5 Å². The number of rotatable bonds is 3. The number of hydrogen-bond donors (Lipinski definition) is 0. The molecule has 1 aromatic carbocycles. The molecule has 8 heteroatoms. The van der Waals surface area contributed by atoms with Crippen molar-refractivity contribution < 1.29 is 4.92 Å². The van der Waals surface area contributed by atoms with Gasteiger partial charge in [-0.05, 0) is 18.2 Å². The largest absolute Gasteiger partial charge is 0.368 e. The monoisotopic (exact) mass is 352 g/mol. The van der Waals surface area contributed by atoms with Crippen LogP contribution in [0.4, 0.5) is 17.2 Å². The highest BCUT2D eigenvalue weighted by molar-refractivity contribution is 6.36. The molecular formula is C15H14Cl2N4O2. The van der Waals surface area contributed by atoms with Gasteiger partial charge in [-0.1, -0.05) is 23.2 Å². The van der Waals surface area contributed by atoms with Crippen LogP contribution in [0, 0.1) is 10.1 Å². The van der Waals surface area contributed by atoms with Gasteiger partial charge in [-0.15, -0.1) is 0 Å². The summed E-state index contributed by atoms with van der Waals surface area (Å²) in [6.07, 6.45) is 1.59. The maximum Gasteiger partial charge on any atom is 0.269 e. The summed E-state index contributed by atoms with van der Waals surface area (Å²) in [7, 11) is 0. The van der Waals surface area contributed by atoms with Gasteiger partial charge in [0.05, 0.1) is 15.0 Å². The van der Waals surface area contributed by atoms with Gasteiger partial charge < -0.3 is 9.80 Å². The molecule has 0 aliphatic carbocycles. The molecule has 0 radical (unpaired) electrons. The molecule has 120 valence electrons. The summed E-state index contributed by atoms with van der Waals surface area (Å²) >= 11 is 12.1. The molecule has 0 N–H and O–H groups in total. The molecule has 1 aromatic heterocycles. The van der Waals surface area contributed by atoms with E-state index in [0.717, 1.165) is 37.7 Å². The number of nitro groups is 1. The van der Waals surface area contributed by atoms with Gasteiger partial charge in [-0.25, -0.2) is 4.98 Å². The highest BCUT2D eigenvalue weighted by atomic mass is 35.5. The van der Waals surface area contributed by atoms with Crippen LogP contribution in [0.3, 0.4) is 0 Å². The molecule has 0 spiro atoms. The number of benzene rings is 1. The number of nitro benzene ring substituents is 1. The first-order valence-corrected chi connectivity index (χ1v) is 7.85. The molecule has 0 bridgehead atoms. The molecule has 2 heterocycles. The maximum absolute atomic E-state index is 10.7. The van der Waals surface area contributed by atoms with Crippen LogP contribution in [0.5, 0.6) is 0 Å². The van der Waals surface area contributed by atoms with Gasteiger partial charge in [0.25, 0.3) is 5.69 Å². The summed E-state index contributed by atoms with van der Waals surface area (Å²) in [5.41, 5.74) is 1.08. The number of pyridine rings is 1. The van der Waals surface area contributed by atoms with Crippen molar-refractivity contribution in [2.75, 3.05) is 36.0 Å². The molecule has 0 amide bonds. The standard InChI is InChI=1S/C15H14Cl2N4O2/c16-11-9-14(17)15(18-10-11)20-7-5-19(6-8-20)12-1-3-13(4-2-12)21(22)23/h1-4,9-10H,5-8H2. The Bertz CT molecular complexity index is 716. The van der Waals surface area contributed by atoms with Crippen molar-refractivity contribution in [3.63, 3.8) is 0 Å². The molecule has 0 saturated carbocycles. The van der Waals surface area contributed by atoms with Crippen LogP contribution in [0.15, 0.2) is 36.5 Å². The Kier molecular flexibility index (Phi) is 4.54. The molecule has 6 nitrogen and oxygen atoms in total. The zero-order valence-corrected chi connectivity index (χ0v) is 13.7. The third kappa shape index (κ3) is 3.48. The fraction of sp³-hybridized carbons (Fsp3) is 0.267. The van der Waals surface area contributed by atoms with Crippen molar-refractivity contribution in [3.8, 4) is 0 Å². The lowest BCUT2D eigenvalue weighted by molar-refractivity contribution is -0.384. The first-order valence-electron chi connectivity index (χ1n) is 7.10. The summed E-state index contributed by atoms with van der Waals surface area (Å²) in [6.45, 7) is 3.12. The normalized spacial score (nSPS) is 14.9. The molecule has 2 aromatic rings. The highest BCUT2D eigenvalue weighted by Crippen LogP contribution is 2.28. The average molecular weight is 353 g/mol. The maximum atomic E-state index is 10.7. The molecule has 23 heavy (non-hydrogen) atoms. The molecular weight excluding hydrogens is 339 g/mol. The Morgan fingerprint density at radius 3 is 2.22 bits per heavy atom. The predicted octanol–water partition coefficient (Wildman–Crippen LogP) is 3.62. The first-order chi connectivity index (χ1) is 11.0. The fourth-order valence-corrected chi connectivity index (χ4v) is 3.10. The highest BCUT2D eigenvalue weighted by Gasteiger charge is 2.20. The van der Waals surface area contributed by atoms with Crippen LogP contribution >= 0.6 is 23.2 Å². The second kappa shape index (κ2) is 6.60. The minimum absolute atomic E-state index is 0.101. The van der Waals surface area contributed by atoms with E-state index in [1.807, 2.05) is 0 Å². The van der Waals surface area contributed by atoms with Crippen LogP contribution in [0.2, 0.25) is 10.0 Å². The molecule has 1 aliphatic rings. The Labute approximate surface area is 143 Å². The Balaban J connectivity index is 1.67. The molecule has 3 rings (SSSR count). The van der Waals surface area contributed by atoms with Crippen molar-refractivity contribution >= 4 is 40.4 Å². The Morgan fingerprint density at radius 2 is 1.65 bits per heavy atom. The van der Waals surface area contributed by atoms with E-state index in [1.165, 1.54) is 12.1 Å². The van der Waals surface area contributed by atoms with E-state index in [0.29, 0.717) is 10.0 Å². The quantitative estimate of drug-likeness (QED) is 0.623. The number of non-ortho nitro benzene ring substituents is 1. The number of halogens is 2. The minimum atomic E-state index is -0.393. The summed E-state index contributed by atoms with van der Waals surface area (Å²) in [4.78, 5) is 18.9. The molecule has 1 aliphatic heterocycles. The lowest BCUT2D eigenvalue weighted by atomic mass is 10.2. The zero-order valence-electron chi connectivity index (χ0n) is 12.2. The van der Waals surface area contributed by atoms with Crippen molar-refractivity contribution in [2.24, 2.45) is 0 Å². The second-order valence-electron chi connectivity index (χ2n) is 5.21. The van der Waals surface area contributed by atoms with Crippen LogP contribution < -0.4 is 9.80 Å². The van der Waals surface area contributed by atoms with Crippen LogP contribution in [-0.2, 0) is 0 Å². The van der Waals surface area contributed by atoms with Crippen molar-refractivity contribution in [1.29, 1.82) is 0 Å². The zero-order chi connectivity index (χ0) is 16.4. The van der Waals surface area contributed by atoms with Crippen molar-refractivity contribution in [3.05, 3.63) is 56.7 Å². The predicted molar refractivity (Wildman–Crippen MR) is 91.8 cm³/mol. The average Bonchev–Trinajstić information content (AvgIpc) is 2.55. The molecule has 0 atom stereocenters. The van der Waals surface area contributed by atoms with E-state index in [-0.39, 0.29) is 5.69 Å². The van der Waals surface area contributed by atoms with Crippen molar-refractivity contribution in [1.82, 2.24) is 4.98 Å². The van der Waals surface area contributed by atoms with Crippen LogP contribution in [0.25, 0.3) is 0 Å². The van der Waals surface area contributed by atoms with Crippen molar-refractivity contribution in [2.45, 2.75) is 0 Å². The SMILES string of the molecule is O=[N+]([O-])c1ccc(N2CCN(c3ncc(Cl)cc3Cl)CC2)cc1. The number of piperazine rings is 1. The minimum Gasteiger partial charge on any atom is -0.368 e. The van der Waals surface area contributed by atoms with E-state index in [2.05, 4.69) is 14.8 Å². The van der Waals surface area contributed by atoms with Crippen LogP contribution in [-0.4, -0.2) is 36.1 Å². The number of aromatic nitrogens is 1. The van der Waals surface area contributed by atoms with E-state index in [1.54, 1.807) is 24.4 Å². The number of nitrogens with zero attached hydrogens (tertiary/aromatic N) is 4. The van der Waals surface area contributed by atoms with E-state index in [4.69, 9.17) is 23.2 Å². The van der Waals surface area contributed by atoms with Gasteiger partial charge in [0.2, 0.25) is 0 Å². The molecule has 1 saturated heterocycles. The molecule has 0 unspecified atom stereocenters. The van der Waals surface area contributed by atoms with Gasteiger partial charge in [-0.3, -0.25) is 10.1 Å². The number of hydrogen-bond acceptors (Lipinski definition) is 5. The Hall–Kier alpha value is -2.05. The lowest BCUT2D eigenvalue weighted by Gasteiger charge is -2.37. The Morgan fingerprint density at radius 1 is 1.04 bits per heavy atom. The molecule has 1 fully saturated rings. The third-order valence-electron chi connectivity index (χ3n) is 3.79. The summed E-state index contributed by atoms with van der Waals surface area (Å²) in [6, 6.07) is 8.30. The first kappa shape index (κ1) is 15.8. The number of anilines is 2. The van der Waals surface area contributed by atoms with Gasteiger partial charge in [0, 0.05) is 50.2 Å². The van der Waals surface area contributed by atoms with E-state index in [9.17, 15) is 10.1 Å².